The summed E-state index contributed by atoms with van der Waals surface area (Å²) < 4.78 is 14.8. The van der Waals surface area contributed by atoms with Crippen molar-refractivity contribution in [3.8, 4) is 11.3 Å². The first kappa shape index (κ1) is 20.5. The fourth-order valence-electron chi connectivity index (χ4n) is 3.70. The van der Waals surface area contributed by atoms with Gasteiger partial charge in [-0.15, -0.1) is 0 Å². The van der Waals surface area contributed by atoms with Gasteiger partial charge in [0, 0.05) is 22.4 Å². The first-order valence-corrected chi connectivity index (χ1v) is 9.96. The summed E-state index contributed by atoms with van der Waals surface area (Å²) in [6.07, 6.45) is 0.496. The number of nitrogens with one attached hydrogen (secondary N) is 2. The van der Waals surface area contributed by atoms with Gasteiger partial charge in [-0.1, -0.05) is 19.1 Å². The van der Waals surface area contributed by atoms with E-state index in [0.29, 0.717) is 29.2 Å². The molecule has 0 fully saturated rings. The van der Waals surface area contributed by atoms with Crippen LogP contribution < -0.4 is 10.6 Å². The largest absolute Gasteiger partial charge is 0.326 e. The third-order valence-corrected chi connectivity index (χ3v) is 5.25. The predicted octanol–water partition coefficient (Wildman–Crippen LogP) is 3.98. The molecule has 0 saturated carbocycles. The first-order valence-electron chi connectivity index (χ1n) is 9.96. The number of benzene rings is 2. The van der Waals surface area contributed by atoms with Gasteiger partial charge >= 0.3 is 0 Å². The summed E-state index contributed by atoms with van der Waals surface area (Å²) in [7, 11) is 0. The Morgan fingerprint density at radius 1 is 1.19 bits per heavy atom. The highest BCUT2D eigenvalue weighted by atomic mass is 19.1. The van der Waals surface area contributed by atoms with E-state index < -0.39 is 6.04 Å². The summed E-state index contributed by atoms with van der Waals surface area (Å²) in [5.74, 6) is -0.567. The molecule has 2 amide bonds. The fourth-order valence-corrected chi connectivity index (χ4v) is 3.70. The van der Waals surface area contributed by atoms with Crippen molar-refractivity contribution >= 4 is 29.1 Å². The molecule has 1 aromatic heterocycles. The molecule has 4 rings (SSSR count). The lowest BCUT2D eigenvalue weighted by atomic mass is 10.1. The highest BCUT2D eigenvalue weighted by molar-refractivity contribution is 6.03. The molecule has 1 aliphatic heterocycles. The highest BCUT2D eigenvalue weighted by Crippen LogP contribution is 2.36. The maximum Gasteiger partial charge on any atom is 0.251 e. The Balaban J connectivity index is 1.58. The Bertz CT molecular complexity index is 1180. The van der Waals surface area contributed by atoms with Crippen molar-refractivity contribution in [2.24, 2.45) is 0 Å². The van der Waals surface area contributed by atoms with Gasteiger partial charge in [-0.3, -0.25) is 14.4 Å². The van der Waals surface area contributed by atoms with Gasteiger partial charge in [-0.05, 0) is 49.7 Å². The Kier molecular flexibility index (Phi) is 5.37. The zero-order chi connectivity index (χ0) is 22.1. The molecule has 2 N–H and O–H groups in total. The van der Waals surface area contributed by atoms with E-state index in [9.17, 15) is 18.8 Å². The Hall–Kier alpha value is -3.81. The normalized spacial score (nSPS) is 14.8. The van der Waals surface area contributed by atoms with Crippen LogP contribution in [0.1, 0.15) is 42.2 Å². The molecule has 0 aliphatic carbocycles. The number of anilines is 2. The molecule has 0 spiro atoms. The summed E-state index contributed by atoms with van der Waals surface area (Å²) in [4.78, 5) is 36.7. The van der Waals surface area contributed by atoms with Crippen molar-refractivity contribution < 1.29 is 18.8 Å². The minimum atomic E-state index is -0.800. The van der Waals surface area contributed by atoms with Gasteiger partial charge in [0.05, 0.1) is 12.1 Å². The van der Waals surface area contributed by atoms with Crippen LogP contribution in [0, 0.1) is 5.82 Å². The lowest BCUT2D eigenvalue weighted by molar-refractivity contribution is -0.123. The number of aromatic nitrogens is 2. The van der Waals surface area contributed by atoms with E-state index in [-0.39, 0.29) is 29.8 Å². The number of carbonyl (C=O) groups excluding carboxylic acids is 3. The first-order chi connectivity index (χ1) is 14.9. The Labute approximate surface area is 178 Å². The third kappa shape index (κ3) is 3.96. The van der Waals surface area contributed by atoms with Crippen LogP contribution in [0.25, 0.3) is 11.3 Å². The SMILES string of the molecule is CCc1c(-c2ccc(F)cc2)nn2c1NC(=O)C2CC(=O)Nc1cccc(C(C)=O)c1. The second-order valence-corrected chi connectivity index (χ2v) is 7.38. The molecule has 1 unspecified atom stereocenters. The molecule has 3 aromatic rings. The number of carbonyl (C=O) groups is 3. The summed E-state index contributed by atoms with van der Waals surface area (Å²) >= 11 is 0. The lowest BCUT2D eigenvalue weighted by Gasteiger charge is -2.11. The Morgan fingerprint density at radius 3 is 2.61 bits per heavy atom. The van der Waals surface area contributed by atoms with E-state index in [1.165, 1.54) is 23.7 Å². The molecular formula is C23H21FN4O3. The van der Waals surface area contributed by atoms with Gasteiger partial charge in [0.15, 0.2) is 5.78 Å². The van der Waals surface area contributed by atoms with Crippen LogP contribution in [0.15, 0.2) is 48.5 Å². The van der Waals surface area contributed by atoms with Gasteiger partial charge in [0.1, 0.15) is 17.7 Å². The van der Waals surface area contributed by atoms with Crippen LogP contribution in [0.3, 0.4) is 0 Å². The van der Waals surface area contributed by atoms with E-state index in [0.717, 1.165) is 11.1 Å². The molecule has 1 atom stereocenters. The molecule has 158 valence electrons. The van der Waals surface area contributed by atoms with E-state index in [2.05, 4.69) is 15.7 Å². The number of amides is 2. The molecule has 31 heavy (non-hydrogen) atoms. The van der Waals surface area contributed by atoms with Gasteiger partial charge in [-0.2, -0.15) is 5.10 Å². The molecule has 2 aromatic carbocycles. The van der Waals surface area contributed by atoms with Crippen LogP contribution in [-0.2, 0) is 16.0 Å². The zero-order valence-electron chi connectivity index (χ0n) is 17.1. The van der Waals surface area contributed by atoms with Crippen LogP contribution in [0.2, 0.25) is 0 Å². The lowest BCUT2D eigenvalue weighted by Crippen LogP contribution is -2.23. The van der Waals surface area contributed by atoms with E-state index in [4.69, 9.17) is 0 Å². The van der Waals surface area contributed by atoms with Crippen LogP contribution in [-0.4, -0.2) is 27.4 Å². The predicted molar refractivity (Wildman–Crippen MR) is 114 cm³/mol. The topological polar surface area (TPSA) is 93.1 Å². The monoisotopic (exact) mass is 420 g/mol. The molecule has 7 nitrogen and oxygen atoms in total. The highest BCUT2D eigenvalue weighted by Gasteiger charge is 2.36. The molecule has 1 aliphatic rings. The number of halogens is 1. The minimum absolute atomic E-state index is 0.104. The summed E-state index contributed by atoms with van der Waals surface area (Å²) in [6.45, 7) is 3.39. The number of hydrogen-bond acceptors (Lipinski definition) is 4. The number of ketones is 1. The smallest absolute Gasteiger partial charge is 0.251 e. The molecule has 2 heterocycles. The molecule has 8 heteroatoms. The van der Waals surface area contributed by atoms with Crippen molar-refractivity contribution in [3.63, 3.8) is 0 Å². The summed E-state index contributed by atoms with van der Waals surface area (Å²) in [5.41, 5.74) is 3.19. The molecular weight excluding hydrogens is 399 g/mol. The van der Waals surface area contributed by atoms with E-state index in [1.54, 1.807) is 36.4 Å². The third-order valence-electron chi connectivity index (χ3n) is 5.25. The molecule has 0 bridgehead atoms. The average Bonchev–Trinajstić information content (AvgIpc) is 3.24. The minimum Gasteiger partial charge on any atom is -0.326 e. The van der Waals surface area contributed by atoms with Gasteiger partial charge in [0.25, 0.3) is 5.91 Å². The van der Waals surface area contributed by atoms with Crippen LogP contribution in [0.5, 0.6) is 0 Å². The summed E-state index contributed by atoms with van der Waals surface area (Å²) in [6, 6.07) is 11.8. The quantitative estimate of drug-likeness (QED) is 0.590. The maximum atomic E-state index is 13.3. The van der Waals surface area contributed by atoms with Crippen molar-refractivity contribution in [2.45, 2.75) is 32.7 Å². The fraction of sp³-hybridized carbons (Fsp3) is 0.217. The standard InChI is InChI=1S/C23H21FN4O3/c1-3-18-21(14-7-9-16(24)10-8-14)27-28-19(23(31)26-22(18)28)12-20(30)25-17-6-4-5-15(11-17)13(2)29/h4-11,19H,3,12H2,1-2H3,(H,25,30)(H,26,31). The second kappa shape index (κ2) is 8.14. The van der Waals surface area contributed by atoms with Gasteiger partial charge in [0.2, 0.25) is 5.91 Å². The number of nitrogens with zero attached hydrogens (tertiary/aromatic N) is 2. The zero-order valence-corrected chi connectivity index (χ0v) is 17.1. The summed E-state index contributed by atoms with van der Waals surface area (Å²) in [5, 5.41) is 10.1. The second-order valence-electron chi connectivity index (χ2n) is 7.38. The molecule has 0 saturated heterocycles. The van der Waals surface area contributed by atoms with Crippen molar-refractivity contribution in [3.05, 3.63) is 65.5 Å². The number of rotatable bonds is 6. The molecule has 0 radical (unpaired) electrons. The number of Topliss-reactive ketones (excluding diaryl/α,β-unsaturated/α-hetero) is 1. The van der Waals surface area contributed by atoms with Crippen molar-refractivity contribution in [2.75, 3.05) is 10.6 Å². The van der Waals surface area contributed by atoms with E-state index >= 15 is 0 Å². The number of fused-ring (bicyclic) bond motifs is 1. The van der Waals surface area contributed by atoms with Crippen molar-refractivity contribution in [1.29, 1.82) is 0 Å². The maximum absolute atomic E-state index is 13.3. The van der Waals surface area contributed by atoms with Crippen LogP contribution >= 0.6 is 0 Å². The van der Waals surface area contributed by atoms with E-state index in [1.807, 2.05) is 6.92 Å². The van der Waals surface area contributed by atoms with Crippen molar-refractivity contribution in [1.82, 2.24) is 9.78 Å². The Morgan fingerprint density at radius 2 is 1.94 bits per heavy atom. The number of hydrogen-bond donors (Lipinski definition) is 2. The van der Waals surface area contributed by atoms with Gasteiger partial charge < -0.3 is 10.6 Å². The average molecular weight is 420 g/mol. The van der Waals surface area contributed by atoms with Crippen LogP contribution in [0.4, 0.5) is 15.9 Å². The van der Waals surface area contributed by atoms with Gasteiger partial charge in [-0.25, -0.2) is 9.07 Å².